The van der Waals surface area contributed by atoms with Gasteiger partial charge in [-0.2, -0.15) is 0 Å². The van der Waals surface area contributed by atoms with Crippen LogP contribution in [0.3, 0.4) is 0 Å². The van der Waals surface area contributed by atoms with Gasteiger partial charge in [0.1, 0.15) is 6.10 Å². The van der Waals surface area contributed by atoms with E-state index in [9.17, 15) is 14.7 Å². The minimum Gasteiger partial charge on any atom is -0.388 e. The van der Waals surface area contributed by atoms with Crippen molar-refractivity contribution in [3.05, 3.63) is 24.1 Å². The van der Waals surface area contributed by atoms with Crippen LogP contribution >= 0.6 is 0 Å². The Bertz CT molecular complexity index is 920. The number of aromatic nitrogens is 2. The summed E-state index contributed by atoms with van der Waals surface area (Å²) in [6.45, 7) is 4.80. The summed E-state index contributed by atoms with van der Waals surface area (Å²) in [5, 5.41) is 17.8. The molecule has 4 rings (SSSR count). The van der Waals surface area contributed by atoms with Crippen LogP contribution in [-0.2, 0) is 9.53 Å². The fraction of sp³-hybridized carbons (Fsp3) is 0.600. The third-order valence-corrected chi connectivity index (χ3v) is 6.13. The van der Waals surface area contributed by atoms with Gasteiger partial charge in [-0.25, -0.2) is 4.98 Å². The van der Waals surface area contributed by atoms with Gasteiger partial charge in [-0.15, -0.1) is 0 Å². The standard InChI is InChI=1S/C20H26N4O5/c1-3-15(26)22-19(2)12-20(28-11-14(19)25)6-9-24(10-7-20)18(27)16-13-5-4-8-21-17(13)23-29-16/h4-5,8,14,25H,3,6-7,9-12H2,1-2H3,(H,22,26)/t14-,19-/m1/s1. The minimum atomic E-state index is -0.767. The van der Waals surface area contributed by atoms with Gasteiger partial charge >= 0.3 is 0 Å². The number of piperidine rings is 1. The first-order valence-corrected chi connectivity index (χ1v) is 9.98. The van der Waals surface area contributed by atoms with E-state index in [1.165, 1.54) is 0 Å². The number of hydrogen-bond donors (Lipinski definition) is 2. The summed E-state index contributed by atoms with van der Waals surface area (Å²) in [4.78, 5) is 30.7. The van der Waals surface area contributed by atoms with Crippen LogP contribution in [0.25, 0.3) is 11.0 Å². The highest BCUT2D eigenvalue weighted by Gasteiger charge is 2.50. The summed E-state index contributed by atoms with van der Waals surface area (Å²) < 4.78 is 11.3. The molecule has 29 heavy (non-hydrogen) atoms. The predicted molar refractivity (Wildman–Crippen MR) is 103 cm³/mol. The normalized spacial score (nSPS) is 26.6. The highest BCUT2D eigenvalue weighted by molar-refractivity contribution is 6.02. The average Bonchev–Trinajstić information content (AvgIpc) is 3.15. The average molecular weight is 402 g/mol. The maximum absolute atomic E-state index is 12.9. The molecule has 0 aromatic carbocycles. The molecule has 2 aromatic rings. The molecule has 1 spiro atoms. The van der Waals surface area contributed by atoms with Crippen LogP contribution < -0.4 is 5.32 Å². The molecule has 2 aliphatic heterocycles. The molecule has 9 nitrogen and oxygen atoms in total. The molecule has 0 aliphatic carbocycles. The minimum absolute atomic E-state index is 0.0954. The second-order valence-electron chi connectivity index (χ2n) is 8.18. The molecule has 0 unspecified atom stereocenters. The molecule has 2 amide bonds. The largest absolute Gasteiger partial charge is 0.388 e. The summed E-state index contributed by atoms with van der Waals surface area (Å²) in [6, 6.07) is 3.51. The van der Waals surface area contributed by atoms with E-state index >= 15 is 0 Å². The fourth-order valence-electron chi connectivity index (χ4n) is 4.33. The van der Waals surface area contributed by atoms with Crippen LogP contribution in [0.15, 0.2) is 22.9 Å². The number of carbonyl (C=O) groups excluding carboxylic acids is 2. The molecule has 0 radical (unpaired) electrons. The summed E-state index contributed by atoms with van der Waals surface area (Å²) >= 11 is 0. The highest BCUT2D eigenvalue weighted by atomic mass is 16.5. The molecule has 2 aliphatic rings. The number of hydrogen-bond acceptors (Lipinski definition) is 7. The zero-order valence-corrected chi connectivity index (χ0v) is 16.7. The van der Waals surface area contributed by atoms with Gasteiger partial charge in [0.25, 0.3) is 5.91 Å². The number of aliphatic hydroxyl groups excluding tert-OH is 1. The number of rotatable bonds is 3. The van der Waals surface area contributed by atoms with Gasteiger partial charge < -0.3 is 24.6 Å². The Balaban J connectivity index is 1.46. The summed E-state index contributed by atoms with van der Waals surface area (Å²) in [5.74, 6) is -0.112. The first kappa shape index (κ1) is 19.8. The summed E-state index contributed by atoms with van der Waals surface area (Å²) in [6.07, 6.45) is 2.94. The number of fused-ring (bicyclic) bond motifs is 1. The molecule has 9 heteroatoms. The van der Waals surface area contributed by atoms with Gasteiger partial charge in [0.15, 0.2) is 0 Å². The first-order valence-electron chi connectivity index (χ1n) is 9.98. The number of aliphatic hydroxyl groups is 1. The molecule has 156 valence electrons. The van der Waals surface area contributed by atoms with Crippen molar-refractivity contribution in [1.82, 2.24) is 20.4 Å². The Labute approximate surface area is 168 Å². The summed E-state index contributed by atoms with van der Waals surface area (Å²) in [7, 11) is 0. The van der Waals surface area contributed by atoms with Gasteiger partial charge in [-0.1, -0.05) is 12.1 Å². The Hall–Kier alpha value is -2.52. The lowest BCUT2D eigenvalue weighted by Crippen LogP contribution is -2.65. The van der Waals surface area contributed by atoms with E-state index in [4.69, 9.17) is 9.26 Å². The molecule has 2 N–H and O–H groups in total. The number of carbonyl (C=O) groups is 2. The maximum atomic E-state index is 12.9. The van der Waals surface area contributed by atoms with Crippen molar-refractivity contribution in [3.63, 3.8) is 0 Å². The van der Waals surface area contributed by atoms with Crippen molar-refractivity contribution in [2.24, 2.45) is 0 Å². The zero-order chi connectivity index (χ0) is 20.6. The van der Waals surface area contributed by atoms with Gasteiger partial charge in [0.05, 0.1) is 23.1 Å². The van der Waals surface area contributed by atoms with Crippen molar-refractivity contribution >= 4 is 22.8 Å². The van der Waals surface area contributed by atoms with Crippen molar-refractivity contribution < 1.29 is 24.0 Å². The lowest BCUT2D eigenvalue weighted by Gasteiger charge is -2.51. The van der Waals surface area contributed by atoms with Crippen LogP contribution in [0.2, 0.25) is 0 Å². The quantitative estimate of drug-likeness (QED) is 0.794. The molecule has 2 atom stereocenters. The zero-order valence-electron chi connectivity index (χ0n) is 16.7. The van der Waals surface area contributed by atoms with Gasteiger partial charge in [-0.3, -0.25) is 9.59 Å². The number of pyridine rings is 1. The lowest BCUT2D eigenvalue weighted by atomic mass is 9.74. The Morgan fingerprint density at radius 3 is 2.86 bits per heavy atom. The van der Waals surface area contributed by atoms with Crippen molar-refractivity contribution in [3.8, 4) is 0 Å². The smallest absolute Gasteiger partial charge is 0.293 e. The topological polar surface area (TPSA) is 118 Å². The van der Waals surface area contributed by atoms with Crippen LogP contribution in [0.1, 0.15) is 50.1 Å². The van der Waals surface area contributed by atoms with E-state index in [0.717, 1.165) is 0 Å². The molecule has 2 fully saturated rings. The Morgan fingerprint density at radius 1 is 1.38 bits per heavy atom. The van der Waals surface area contributed by atoms with Crippen molar-refractivity contribution in [2.75, 3.05) is 19.7 Å². The van der Waals surface area contributed by atoms with E-state index in [1.54, 1.807) is 30.2 Å². The molecule has 2 saturated heterocycles. The number of amides is 2. The van der Waals surface area contributed by atoms with E-state index < -0.39 is 17.2 Å². The Morgan fingerprint density at radius 2 is 2.14 bits per heavy atom. The number of ether oxygens (including phenoxy) is 1. The fourth-order valence-corrected chi connectivity index (χ4v) is 4.33. The van der Waals surface area contributed by atoms with E-state index in [2.05, 4.69) is 15.5 Å². The van der Waals surface area contributed by atoms with Crippen molar-refractivity contribution in [2.45, 2.75) is 56.8 Å². The van der Waals surface area contributed by atoms with E-state index in [-0.39, 0.29) is 24.2 Å². The maximum Gasteiger partial charge on any atom is 0.293 e. The molecule has 2 aromatic heterocycles. The van der Waals surface area contributed by atoms with Gasteiger partial charge in [0.2, 0.25) is 17.3 Å². The van der Waals surface area contributed by atoms with Crippen LogP contribution in [-0.4, -0.2) is 68.9 Å². The van der Waals surface area contributed by atoms with Crippen molar-refractivity contribution in [1.29, 1.82) is 0 Å². The summed E-state index contributed by atoms with van der Waals surface area (Å²) in [5.41, 5.74) is -0.808. The molecule has 0 saturated carbocycles. The molecule has 4 heterocycles. The monoisotopic (exact) mass is 402 g/mol. The van der Waals surface area contributed by atoms with Crippen LogP contribution in [0.5, 0.6) is 0 Å². The van der Waals surface area contributed by atoms with Gasteiger partial charge in [-0.05, 0) is 31.9 Å². The number of nitrogens with one attached hydrogen (secondary N) is 1. The second-order valence-corrected chi connectivity index (χ2v) is 8.18. The lowest BCUT2D eigenvalue weighted by molar-refractivity contribution is -0.179. The predicted octanol–water partition coefficient (Wildman–Crippen LogP) is 1.26. The van der Waals surface area contributed by atoms with Crippen LogP contribution in [0, 0.1) is 0 Å². The molecular formula is C20H26N4O5. The number of nitrogens with zero attached hydrogens (tertiary/aromatic N) is 3. The van der Waals surface area contributed by atoms with Crippen LogP contribution in [0.4, 0.5) is 0 Å². The second kappa shape index (κ2) is 7.38. The molecular weight excluding hydrogens is 376 g/mol. The van der Waals surface area contributed by atoms with E-state index in [1.807, 2.05) is 6.92 Å². The third-order valence-electron chi connectivity index (χ3n) is 6.13. The Kier molecular flexibility index (Phi) is 5.04. The number of likely N-dealkylation sites (tertiary alicyclic amines) is 1. The third kappa shape index (κ3) is 3.60. The molecule has 0 bridgehead atoms. The van der Waals surface area contributed by atoms with Gasteiger partial charge in [0, 0.05) is 32.1 Å². The highest BCUT2D eigenvalue weighted by Crippen LogP contribution is 2.40. The van der Waals surface area contributed by atoms with E-state index in [0.29, 0.717) is 49.8 Å². The first-order chi connectivity index (χ1) is 13.9. The SMILES string of the molecule is CCC(=O)N[C@]1(C)CC2(CCN(C(=O)c3onc4ncccc34)CC2)OC[C@H]1O.